The van der Waals surface area contributed by atoms with Crippen molar-refractivity contribution in [2.75, 3.05) is 25.1 Å². The van der Waals surface area contributed by atoms with Crippen LogP contribution >= 0.6 is 0 Å². The quantitative estimate of drug-likeness (QED) is 0.856. The Bertz CT molecular complexity index is 431. The van der Waals surface area contributed by atoms with Gasteiger partial charge in [0.1, 0.15) is 5.82 Å². The first-order chi connectivity index (χ1) is 8.65. The fourth-order valence-corrected chi connectivity index (χ4v) is 1.91. The van der Waals surface area contributed by atoms with Crippen molar-refractivity contribution < 1.29 is 13.9 Å². The van der Waals surface area contributed by atoms with Gasteiger partial charge < -0.3 is 15.4 Å². The van der Waals surface area contributed by atoms with Crippen LogP contribution in [0, 0.1) is 12.7 Å². The van der Waals surface area contributed by atoms with Crippen molar-refractivity contribution in [2.24, 2.45) is 0 Å². The number of morpholine rings is 1. The summed E-state index contributed by atoms with van der Waals surface area (Å²) in [4.78, 5) is 11.8. The van der Waals surface area contributed by atoms with E-state index in [0.717, 1.165) is 12.1 Å². The number of halogens is 1. The molecule has 1 saturated heterocycles. The van der Waals surface area contributed by atoms with Gasteiger partial charge in [-0.2, -0.15) is 0 Å². The van der Waals surface area contributed by atoms with Gasteiger partial charge in [0.25, 0.3) is 0 Å². The number of hydrogen-bond acceptors (Lipinski definition) is 3. The van der Waals surface area contributed by atoms with E-state index in [1.165, 1.54) is 6.07 Å². The van der Waals surface area contributed by atoms with Crippen molar-refractivity contribution in [1.29, 1.82) is 0 Å². The van der Waals surface area contributed by atoms with Crippen molar-refractivity contribution in [1.82, 2.24) is 5.32 Å². The van der Waals surface area contributed by atoms with Gasteiger partial charge in [-0.1, -0.05) is 6.07 Å². The maximum absolute atomic E-state index is 13.5. The number of aryl methyl sites for hydroxylation is 1. The van der Waals surface area contributed by atoms with E-state index in [-0.39, 0.29) is 24.1 Å². The van der Waals surface area contributed by atoms with Crippen LogP contribution in [0.5, 0.6) is 0 Å². The molecule has 1 aromatic rings. The zero-order valence-corrected chi connectivity index (χ0v) is 10.3. The Morgan fingerprint density at radius 1 is 1.61 bits per heavy atom. The van der Waals surface area contributed by atoms with Crippen LogP contribution < -0.4 is 10.6 Å². The average molecular weight is 252 g/mol. The molecule has 1 atom stereocenters. The maximum Gasteiger partial charge on any atom is 0.226 e. The highest BCUT2D eigenvalue weighted by Gasteiger charge is 2.17. The number of nitrogens with one attached hydrogen (secondary N) is 2. The maximum atomic E-state index is 13.5. The molecule has 2 rings (SSSR count). The molecule has 1 aliphatic rings. The largest absolute Gasteiger partial charge is 0.378 e. The summed E-state index contributed by atoms with van der Waals surface area (Å²) in [6.07, 6.45) is 0.285. The number of carbonyl (C=O) groups excluding carboxylic acids is 1. The average Bonchev–Trinajstić information content (AvgIpc) is 2.35. The lowest BCUT2D eigenvalue weighted by molar-refractivity contribution is -0.117. The molecule has 0 spiro atoms. The summed E-state index contributed by atoms with van der Waals surface area (Å²) in [6.45, 7) is 3.79. The predicted octanol–water partition coefficient (Wildman–Crippen LogP) is 1.45. The van der Waals surface area contributed by atoms with Crippen LogP contribution in [0.25, 0.3) is 0 Å². The molecule has 0 bridgehead atoms. The SMILES string of the molecule is Cc1ccc(F)c(NC(=O)CC2COCCN2)c1. The fraction of sp³-hybridized carbons (Fsp3) is 0.462. The fourth-order valence-electron chi connectivity index (χ4n) is 1.91. The third kappa shape index (κ3) is 3.51. The number of hydrogen-bond donors (Lipinski definition) is 2. The summed E-state index contributed by atoms with van der Waals surface area (Å²) >= 11 is 0. The van der Waals surface area contributed by atoms with Gasteiger partial charge >= 0.3 is 0 Å². The van der Waals surface area contributed by atoms with Gasteiger partial charge in [-0.3, -0.25) is 4.79 Å². The van der Waals surface area contributed by atoms with Gasteiger partial charge in [0.2, 0.25) is 5.91 Å². The lowest BCUT2D eigenvalue weighted by Gasteiger charge is -2.23. The third-order valence-corrected chi connectivity index (χ3v) is 2.83. The van der Waals surface area contributed by atoms with E-state index >= 15 is 0 Å². The smallest absolute Gasteiger partial charge is 0.226 e. The minimum absolute atomic E-state index is 0.00613. The summed E-state index contributed by atoms with van der Waals surface area (Å²) in [5.74, 6) is -0.621. The molecule has 1 heterocycles. The minimum atomic E-state index is -0.415. The Balaban J connectivity index is 1.92. The van der Waals surface area contributed by atoms with Gasteiger partial charge in [0.05, 0.1) is 18.9 Å². The van der Waals surface area contributed by atoms with Gasteiger partial charge in [-0.05, 0) is 24.6 Å². The summed E-state index contributed by atoms with van der Waals surface area (Å²) in [7, 11) is 0. The zero-order valence-electron chi connectivity index (χ0n) is 10.3. The number of amides is 1. The van der Waals surface area contributed by atoms with Crippen LogP contribution in [0.2, 0.25) is 0 Å². The van der Waals surface area contributed by atoms with E-state index in [4.69, 9.17) is 4.74 Å². The summed E-state index contributed by atoms with van der Waals surface area (Å²) in [5, 5.41) is 5.77. The van der Waals surface area contributed by atoms with E-state index in [0.29, 0.717) is 13.2 Å². The molecule has 98 valence electrons. The van der Waals surface area contributed by atoms with Crippen molar-refractivity contribution >= 4 is 11.6 Å². The van der Waals surface area contributed by atoms with Gasteiger partial charge in [0.15, 0.2) is 0 Å². The van der Waals surface area contributed by atoms with Crippen LogP contribution in [-0.2, 0) is 9.53 Å². The van der Waals surface area contributed by atoms with Crippen molar-refractivity contribution in [3.05, 3.63) is 29.6 Å². The zero-order chi connectivity index (χ0) is 13.0. The lowest BCUT2D eigenvalue weighted by Crippen LogP contribution is -2.43. The van der Waals surface area contributed by atoms with Gasteiger partial charge in [-0.15, -0.1) is 0 Å². The molecule has 1 amide bonds. The van der Waals surface area contributed by atoms with Crippen LogP contribution in [-0.4, -0.2) is 31.7 Å². The molecule has 1 aromatic carbocycles. The summed E-state index contributed by atoms with van der Waals surface area (Å²) in [6, 6.07) is 4.65. The molecule has 0 saturated carbocycles. The van der Waals surface area contributed by atoms with E-state index in [2.05, 4.69) is 10.6 Å². The number of benzene rings is 1. The molecule has 1 fully saturated rings. The molecule has 0 aromatic heterocycles. The third-order valence-electron chi connectivity index (χ3n) is 2.83. The van der Waals surface area contributed by atoms with Crippen molar-refractivity contribution in [3.63, 3.8) is 0 Å². The molecule has 2 N–H and O–H groups in total. The first-order valence-electron chi connectivity index (χ1n) is 6.02. The second-order valence-electron chi connectivity index (χ2n) is 4.46. The Morgan fingerprint density at radius 2 is 2.44 bits per heavy atom. The van der Waals surface area contributed by atoms with E-state index in [1.54, 1.807) is 12.1 Å². The first-order valence-corrected chi connectivity index (χ1v) is 6.02. The molecule has 5 heteroatoms. The molecule has 0 aliphatic carbocycles. The Labute approximate surface area is 106 Å². The minimum Gasteiger partial charge on any atom is -0.378 e. The van der Waals surface area contributed by atoms with E-state index in [9.17, 15) is 9.18 Å². The Hall–Kier alpha value is -1.46. The highest BCUT2D eigenvalue weighted by atomic mass is 19.1. The second kappa shape index (κ2) is 5.93. The van der Waals surface area contributed by atoms with Crippen LogP contribution in [0.1, 0.15) is 12.0 Å². The summed E-state index contributed by atoms with van der Waals surface area (Å²) in [5.41, 5.74) is 1.14. The molecule has 0 radical (unpaired) electrons. The van der Waals surface area contributed by atoms with Crippen LogP contribution in [0.15, 0.2) is 18.2 Å². The molecular weight excluding hydrogens is 235 g/mol. The second-order valence-corrected chi connectivity index (χ2v) is 4.46. The number of carbonyl (C=O) groups is 1. The standard InChI is InChI=1S/C13H17FN2O2/c1-9-2-3-11(14)12(6-9)16-13(17)7-10-8-18-5-4-15-10/h2-3,6,10,15H,4-5,7-8H2,1H3,(H,16,17). The number of ether oxygens (including phenoxy) is 1. The number of rotatable bonds is 3. The predicted molar refractivity (Wildman–Crippen MR) is 67.0 cm³/mol. The van der Waals surface area contributed by atoms with Gasteiger partial charge in [0, 0.05) is 19.0 Å². The Morgan fingerprint density at radius 3 is 3.17 bits per heavy atom. The Kier molecular flexibility index (Phi) is 4.28. The molecule has 1 aliphatic heterocycles. The topological polar surface area (TPSA) is 50.4 Å². The number of anilines is 1. The van der Waals surface area contributed by atoms with Crippen LogP contribution in [0.4, 0.5) is 10.1 Å². The highest BCUT2D eigenvalue weighted by Crippen LogP contribution is 2.16. The van der Waals surface area contributed by atoms with Gasteiger partial charge in [-0.25, -0.2) is 4.39 Å². The van der Waals surface area contributed by atoms with Crippen molar-refractivity contribution in [2.45, 2.75) is 19.4 Å². The lowest BCUT2D eigenvalue weighted by atomic mass is 10.1. The normalized spacial score (nSPS) is 19.6. The molecule has 18 heavy (non-hydrogen) atoms. The van der Waals surface area contributed by atoms with E-state index in [1.807, 2.05) is 6.92 Å². The monoisotopic (exact) mass is 252 g/mol. The van der Waals surface area contributed by atoms with Crippen molar-refractivity contribution in [3.8, 4) is 0 Å². The van der Waals surface area contributed by atoms with E-state index < -0.39 is 5.82 Å². The first kappa shape index (κ1) is 13.0. The summed E-state index contributed by atoms with van der Waals surface area (Å²) < 4.78 is 18.7. The molecular formula is C13H17FN2O2. The molecule has 1 unspecified atom stereocenters. The highest BCUT2D eigenvalue weighted by molar-refractivity contribution is 5.91. The molecule has 4 nitrogen and oxygen atoms in total. The van der Waals surface area contributed by atoms with Crippen LogP contribution in [0.3, 0.4) is 0 Å².